The summed E-state index contributed by atoms with van der Waals surface area (Å²) in [7, 11) is 4.12. The van der Waals surface area contributed by atoms with Gasteiger partial charge in [0.15, 0.2) is 0 Å². The number of carbonyl (C=O) groups excluding carboxylic acids is 4. The summed E-state index contributed by atoms with van der Waals surface area (Å²) in [6.07, 6.45) is 2.32. The number of hydrogen-bond donors (Lipinski definition) is 0. The van der Waals surface area contributed by atoms with Gasteiger partial charge in [-0.25, -0.2) is 9.59 Å². The number of rotatable bonds is 16. The Labute approximate surface area is 231 Å². The summed E-state index contributed by atoms with van der Waals surface area (Å²) in [5.41, 5.74) is -1.30. The van der Waals surface area contributed by atoms with E-state index in [9.17, 15) is 19.2 Å². The molecule has 2 aliphatic heterocycles. The third-order valence-corrected chi connectivity index (χ3v) is 6.91. The van der Waals surface area contributed by atoms with Gasteiger partial charge >= 0.3 is 23.9 Å². The first-order valence-electron chi connectivity index (χ1n) is 13.4. The summed E-state index contributed by atoms with van der Waals surface area (Å²) in [6.45, 7) is 13.9. The number of hydrogen-bond acceptors (Lipinski definition) is 12. The highest BCUT2D eigenvalue weighted by Gasteiger charge is 2.38. The van der Waals surface area contributed by atoms with Crippen LogP contribution in [0, 0.1) is 5.41 Å². The zero-order valence-corrected chi connectivity index (χ0v) is 23.4. The Hall–Kier alpha value is -2.80. The molecule has 0 aliphatic carbocycles. The van der Waals surface area contributed by atoms with Crippen LogP contribution in [0.3, 0.4) is 0 Å². The van der Waals surface area contributed by atoms with E-state index in [1.807, 2.05) is 0 Å². The maximum absolute atomic E-state index is 12.6. The lowest BCUT2D eigenvalue weighted by molar-refractivity contribution is -0.168. The van der Waals surface area contributed by atoms with Gasteiger partial charge in [0.1, 0.15) is 31.8 Å². The van der Waals surface area contributed by atoms with Crippen molar-refractivity contribution in [2.75, 3.05) is 106 Å². The monoisotopic (exact) mass is 552 g/mol. The van der Waals surface area contributed by atoms with Crippen LogP contribution >= 0.6 is 0 Å². The van der Waals surface area contributed by atoms with Crippen molar-refractivity contribution in [3.63, 3.8) is 0 Å². The van der Waals surface area contributed by atoms with Gasteiger partial charge in [0.25, 0.3) is 0 Å². The van der Waals surface area contributed by atoms with Gasteiger partial charge in [-0.1, -0.05) is 13.2 Å². The minimum atomic E-state index is -1.30. The smallest absolute Gasteiger partial charge is 0.330 e. The van der Waals surface area contributed by atoms with Crippen LogP contribution in [0.15, 0.2) is 25.3 Å². The Kier molecular flexibility index (Phi) is 14.1. The third-order valence-electron chi connectivity index (χ3n) is 6.91. The molecule has 39 heavy (non-hydrogen) atoms. The number of piperazine rings is 2. The Morgan fingerprint density at radius 3 is 1.28 bits per heavy atom. The summed E-state index contributed by atoms with van der Waals surface area (Å²) < 4.78 is 21.5. The first-order valence-corrected chi connectivity index (χ1v) is 13.4. The van der Waals surface area contributed by atoms with Gasteiger partial charge in [0.2, 0.25) is 0 Å². The van der Waals surface area contributed by atoms with E-state index in [0.717, 1.165) is 64.5 Å². The molecule has 0 aromatic rings. The Morgan fingerprint density at radius 2 is 0.949 bits per heavy atom. The average molecular weight is 553 g/mol. The summed E-state index contributed by atoms with van der Waals surface area (Å²) >= 11 is 0. The Balaban J connectivity index is 1.98. The van der Waals surface area contributed by atoms with E-state index < -0.39 is 29.3 Å². The highest BCUT2D eigenvalue weighted by molar-refractivity contribution is 5.81. The molecule has 0 N–H and O–H groups in total. The quantitative estimate of drug-likeness (QED) is 0.143. The van der Waals surface area contributed by atoms with Crippen molar-refractivity contribution in [1.82, 2.24) is 19.6 Å². The van der Waals surface area contributed by atoms with E-state index in [0.29, 0.717) is 13.1 Å². The molecule has 0 aromatic carbocycles. The topological polar surface area (TPSA) is 118 Å². The fraction of sp³-hybridized carbons (Fsp3) is 0.704. The van der Waals surface area contributed by atoms with E-state index in [-0.39, 0.29) is 39.3 Å². The van der Waals surface area contributed by atoms with Crippen molar-refractivity contribution in [2.24, 2.45) is 5.41 Å². The van der Waals surface area contributed by atoms with Gasteiger partial charge in [0.05, 0.1) is 12.8 Å². The zero-order valence-electron chi connectivity index (χ0n) is 23.4. The molecule has 12 nitrogen and oxygen atoms in total. The number of nitrogens with zero attached hydrogens (tertiary/aromatic N) is 4. The number of carbonyl (C=O) groups is 4. The van der Waals surface area contributed by atoms with Crippen molar-refractivity contribution in [1.29, 1.82) is 0 Å². The molecule has 2 fully saturated rings. The van der Waals surface area contributed by atoms with Gasteiger partial charge in [-0.2, -0.15) is 0 Å². The van der Waals surface area contributed by atoms with Crippen LogP contribution < -0.4 is 0 Å². The summed E-state index contributed by atoms with van der Waals surface area (Å²) in [5.74, 6) is -2.33. The minimum Gasteiger partial charge on any atom is -0.465 e. The van der Waals surface area contributed by atoms with Gasteiger partial charge in [-0.05, 0) is 14.1 Å². The first kappa shape index (κ1) is 32.4. The molecule has 12 heteroatoms. The molecule has 0 amide bonds. The standard InChI is InChI=1S/C27H44N4O8/c1-5-23(32)36-19-27(20-37-24(33)6-2,21-38-25(34)7-9-30-15-11-28(3)12-16-30)22-39-26(35)8-10-31-17-13-29(4)14-18-31/h5-6H,1-2,7-22H2,3-4H3. The van der Waals surface area contributed by atoms with Crippen molar-refractivity contribution in [3.05, 3.63) is 25.3 Å². The summed E-state index contributed by atoms with van der Waals surface area (Å²) in [5, 5.41) is 0. The summed E-state index contributed by atoms with van der Waals surface area (Å²) in [6, 6.07) is 0. The molecule has 0 atom stereocenters. The van der Waals surface area contributed by atoms with E-state index >= 15 is 0 Å². The van der Waals surface area contributed by atoms with Crippen LogP contribution in [0.25, 0.3) is 0 Å². The molecule has 220 valence electrons. The second kappa shape index (κ2) is 17.0. The van der Waals surface area contributed by atoms with Crippen LogP contribution in [0.5, 0.6) is 0 Å². The number of ether oxygens (including phenoxy) is 4. The Morgan fingerprint density at radius 1 is 0.615 bits per heavy atom. The highest BCUT2D eigenvalue weighted by atomic mass is 16.6. The average Bonchev–Trinajstić information content (AvgIpc) is 2.95. The number of esters is 4. The molecule has 0 radical (unpaired) electrons. The molecule has 2 rings (SSSR count). The highest BCUT2D eigenvalue weighted by Crippen LogP contribution is 2.22. The second-order valence-corrected chi connectivity index (χ2v) is 10.2. The van der Waals surface area contributed by atoms with Crippen molar-refractivity contribution in [2.45, 2.75) is 12.8 Å². The SMILES string of the molecule is C=CC(=O)OCC(COC(=O)C=C)(COC(=O)CCN1CCN(C)CC1)COC(=O)CCN1CCN(C)CC1. The maximum atomic E-state index is 12.6. The van der Waals surface area contributed by atoms with Gasteiger partial charge in [0, 0.05) is 77.6 Å². The van der Waals surface area contributed by atoms with Crippen LogP contribution in [0.4, 0.5) is 0 Å². The zero-order chi connectivity index (χ0) is 28.7. The number of likely N-dealkylation sites (N-methyl/N-ethyl adjacent to an activating group) is 2. The fourth-order valence-electron chi connectivity index (χ4n) is 4.07. The van der Waals surface area contributed by atoms with Gasteiger partial charge < -0.3 is 38.5 Å². The molecule has 0 spiro atoms. The van der Waals surface area contributed by atoms with Crippen molar-refractivity contribution in [3.8, 4) is 0 Å². The van der Waals surface area contributed by atoms with Crippen molar-refractivity contribution >= 4 is 23.9 Å². The first-order chi connectivity index (χ1) is 18.6. The fourth-order valence-corrected chi connectivity index (χ4v) is 4.07. The van der Waals surface area contributed by atoms with E-state index in [2.05, 4.69) is 46.9 Å². The predicted octanol–water partition coefficient (Wildman–Crippen LogP) is -0.207. The molecular weight excluding hydrogens is 508 g/mol. The summed E-state index contributed by atoms with van der Waals surface area (Å²) in [4.78, 5) is 57.7. The molecule has 0 unspecified atom stereocenters. The molecule has 0 bridgehead atoms. The van der Waals surface area contributed by atoms with Crippen LogP contribution in [0.2, 0.25) is 0 Å². The van der Waals surface area contributed by atoms with Gasteiger partial charge in [-0.3, -0.25) is 9.59 Å². The molecule has 0 saturated carbocycles. The van der Waals surface area contributed by atoms with Crippen LogP contribution in [-0.2, 0) is 38.1 Å². The van der Waals surface area contributed by atoms with Crippen LogP contribution in [0.1, 0.15) is 12.8 Å². The third kappa shape index (κ3) is 12.7. The normalized spacial score (nSPS) is 17.7. The molecule has 0 aromatic heterocycles. The van der Waals surface area contributed by atoms with Gasteiger partial charge in [-0.15, -0.1) is 0 Å². The maximum Gasteiger partial charge on any atom is 0.330 e. The minimum absolute atomic E-state index is 0.170. The molecular formula is C27H44N4O8. The van der Waals surface area contributed by atoms with Crippen LogP contribution in [-0.4, -0.2) is 149 Å². The van der Waals surface area contributed by atoms with E-state index in [4.69, 9.17) is 18.9 Å². The Bertz CT molecular complexity index is 768. The molecule has 2 aliphatic rings. The molecule has 2 saturated heterocycles. The lowest BCUT2D eigenvalue weighted by atomic mass is 9.92. The molecule has 2 heterocycles. The van der Waals surface area contributed by atoms with Crippen molar-refractivity contribution < 1.29 is 38.1 Å². The second-order valence-electron chi connectivity index (χ2n) is 10.2. The largest absolute Gasteiger partial charge is 0.465 e. The van der Waals surface area contributed by atoms with E-state index in [1.54, 1.807) is 0 Å². The lowest BCUT2D eigenvalue weighted by Crippen LogP contribution is -2.46. The lowest BCUT2D eigenvalue weighted by Gasteiger charge is -2.33. The van der Waals surface area contributed by atoms with E-state index in [1.165, 1.54) is 0 Å². The predicted molar refractivity (Wildman–Crippen MR) is 144 cm³/mol.